The molecule has 0 spiro atoms. The number of nitrogens with zero attached hydrogens (tertiary/aromatic N) is 6. The molecule has 0 saturated carbocycles. The number of anilines is 1. The van der Waals surface area contributed by atoms with Crippen molar-refractivity contribution in [3.05, 3.63) is 82.7 Å². The Labute approximate surface area is 163 Å². The fraction of sp³-hybridized carbons (Fsp3) is 0.0556. The van der Waals surface area contributed by atoms with Crippen LogP contribution in [0.25, 0.3) is 5.69 Å². The van der Waals surface area contributed by atoms with Crippen LogP contribution in [0, 0.1) is 0 Å². The van der Waals surface area contributed by atoms with Crippen LogP contribution in [0.3, 0.4) is 0 Å². The molecule has 0 aliphatic carbocycles. The van der Waals surface area contributed by atoms with Gasteiger partial charge in [-0.05, 0) is 40.3 Å². The molecule has 1 N–H and O–H groups in total. The van der Waals surface area contributed by atoms with Crippen molar-refractivity contribution in [2.45, 2.75) is 6.54 Å². The highest BCUT2D eigenvalue weighted by atomic mass is 79.9. The highest BCUT2D eigenvalue weighted by Gasteiger charge is 2.12. The largest absolute Gasteiger partial charge is 0.307 e. The smallest absolute Gasteiger partial charge is 0.256 e. The van der Waals surface area contributed by atoms with Crippen LogP contribution in [-0.4, -0.2) is 35.9 Å². The summed E-state index contributed by atoms with van der Waals surface area (Å²) in [5, 5.41) is 18.3. The van der Waals surface area contributed by atoms with Crippen molar-refractivity contribution >= 4 is 27.7 Å². The Kier molecular flexibility index (Phi) is 4.75. The van der Waals surface area contributed by atoms with E-state index in [1.54, 1.807) is 35.1 Å². The summed E-state index contributed by atoms with van der Waals surface area (Å²) in [6, 6.07) is 16.7. The number of nitrogens with one attached hydrogen (secondary N) is 1. The maximum atomic E-state index is 12.7. The van der Waals surface area contributed by atoms with Crippen molar-refractivity contribution in [2.75, 3.05) is 5.32 Å². The van der Waals surface area contributed by atoms with E-state index in [1.165, 1.54) is 11.0 Å². The van der Waals surface area contributed by atoms with Gasteiger partial charge in [0.2, 0.25) is 0 Å². The van der Waals surface area contributed by atoms with E-state index < -0.39 is 0 Å². The second-order valence-corrected chi connectivity index (χ2v) is 6.58. The molecule has 0 aliphatic heterocycles. The zero-order chi connectivity index (χ0) is 18.6. The van der Waals surface area contributed by atoms with Gasteiger partial charge >= 0.3 is 0 Å². The fourth-order valence-corrected chi connectivity index (χ4v) is 3.02. The molecular formula is C18H14BrN7O. The van der Waals surface area contributed by atoms with Gasteiger partial charge in [-0.15, -0.1) is 5.10 Å². The molecule has 0 radical (unpaired) electrons. The Morgan fingerprint density at radius 3 is 2.81 bits per heavy atom. The van der Waals surface area contributed by atoms with Crippen molar-refractivity contribution in [3.63, 3.8) is 0 Å². The Balaban J connectivity index is 1.54. The van der Waals surface area contributed by atoms with Crippen LogP contribution in [0.2, 0.25) is 0 Å². The maximum Gasteiger partial charge on any atom is 0.256 e. The van der Waals surface area contributed by atoms with Crippen LogP contribution in [0.15, 0.2) is 71.6 Å². The van der Waals surface area contributed by atoms with Crippen molar-refractivity contribution in [1.29, 1.82) is 0 Å². The standard InChI is InChI=1S/C18H14BrN7O/c19-16-7-2-1-4-14(16)11-25-17(8-9-21-25)22-18(27)13-5-3-6-15(10-13)26-12-20-23-24-26/h1-10,12H,11H2,(H,22,27). The zero-order valence-corrected chi connectivity index (χ0v) is 15.6. The molecule has 4 aromatic rings. The SMILES string of the molecule is O=C(Nc1ccnn1Cc1ccccc1Br)c1cccc(-n2cnnn2)c1. The highest BCUT2D eigenvalue weighted by Crippen LogP contribution is 2.19. The predicted molar refractivity (Wildman–Crippen MR) is 103 cm³/mol. The van der Waals surface area contributed by atoms with E-state index in [1.807, 2.05) is 30.3 Å². The van der Waals surface area contributed by atoms with E-state index in [0.717, 1.165) is 10.0 Å². The third-order valence-corrected chi connectivity index (χ3v) is 4.73. The molecule has 2 heterocycles. The number of hydrogen-bond acceptors (Lipinski definition) is 5. The third-order valence-electron chi connectivity index (χ3n) is 3.96. The lowest BCUT2D eigenvalue weighted by molar-refractivity contribution is 0.102. The minimum Gasteiger partial charge on any atom is -0.307 e. The molecule has 4 rings (SSSR count). The molecule has 1 amide bonds. The molecule has 2 aromatic carbocycles. The molecule has 134 valence electrons. The number of amides is 1. The monoisotopic (exact) mass is 423 g/mol. The topological polar surface area (TPSA) is 90.5 Å². The third kappa shape index (κ3) is 3.77. The number of carbonyl (C=O) groups is 1. The summed E-state index contributed by atoms with van der Waals surface area (Å²) in [4.78, 5) is 12.7. The lowest BCUT2D eigenvalue weighted by Crippen LogP contribution is -2.16. The summed E-state index contributed by atoms with van der Waals surface area (Å²) in [6.45, 7) is 0.536. The Morgan fingerprint density at radius 2 is 2.00 bits per heavy atom. The Morgan fingerprint density at radius 1 is 1.11 bits per heavy atom. The van der Waals surface area contributed by atoms with E-state index in [4.69, 9.17) is 0 Å². The van der Waals surface area contributed by atoms with Gasteiger partial charge in [0.25, 0.3) is 5.91 Å². The van der Waals surface area contributed by atoms with Gasteiger partial charge < -0.3 is 5.32 Å². The number of hydrogen-bond donors (Lipinski definition) is 1. The van der Waals surface area contributed by atoms with Gasteiger partial charge in [0.15, 0.2) is 0 Å². The fourth-order valence-electron chi connectivity index (χ4n) is 2.61. The molecule has 0 bridgehead atoms. The van der Waals surface area contributed by atoms with Crippen LogP contribution in [0.1, 0.15) is 15.9 Å². The highest BCUT2D eigenvalue weighted by molar-refractivity contribution is 9.10. The summed E-state index contributed by atoms with van der Waals surface area (Å²) in [7, 11) is 0. The minimum atomic E-state index is -0.237. The first kappa shape index (κ1) is 17.1. The van der Waals surface area contributed by atoms with Crippen LogP contribution >= 0.6 is 15.9 Å². The first-order valence-electron chi connectivity index (χ1n) is 8.11. The van der Waals surface area contributed by atoms with E-state index in [2.05, 4.69) is 41.9 Å². The summed E-state index contributed by atoms with van der Waals surface area (Å²) in [5.41, 5.74) is 2.27. The summed E-state index contributed by atoms with van der Waals surface area (Å²) >= 11 is 3.53. The van der Waals surface area contributed by atoms with Crippen LogP contribution in [0.5, 0.6) is 0 Å². The van der Waals surface area contributed by atoms with Gasteiger partial charge in [0.05, 0.1) is 18.4 Å². The number of rotatable bonds is 5. The Hall–Kier alpha value is -3.33. The molecule has 9 heteroatoms. The molecular weight excluding hydrogens is 410 g/mol. The number of aromatic nitrogens is 6. The van der Waals surface area contributed by atoms with E-state index in [0.29, 0.717) is 23.6 Å². The molecule has 2 aromatic heterocycles. The Bertz CT molecular complexity index is 1070. The zero-order valence-electron chi connectivity index (χ0n) is 14.0. The van der Waals surface area contributed by atoms with E-state index in [9.17, 15) is 4.79 Å². The van der Waals surface area contributed by atoms with E-state index >= 15 is 0 Å². The van der Waals surface area contributed by atoms with E-state index in [-0.39, 0.29) is 5.91 Å². The molecule has 0 saturated heterocycles. The number of tetrazole rings is 1. The van der Waals surface area contributed by atoms with Gasteiger partial charge in [-0.25, -0.2) is 9.36 Å². The molecule has 0 fully saturated rings. The summed E-state index contributed by atoms with van der Waals surface area (Å²) in [6.07, 6.45) is 3.13. The molecule has 27 heavy (non-hydrogen) atoms. The van der Waals surface area contributed by atoms with Crippen LogP contribution < -0.4 is 5.32 Å². The number of halogens is 1. The number of benzene rings is 2. The number of carbonyl (C=O) groups excluding carboxylic acids is 1. The quantitative estimate of drug-likeness (QED) is 0.532. The van der Waals surface area contributed by atoms with Crippen molar-refractivity contribution in [3.8, 4) is 5.69 Å². The normalized spacial score (nSPS) is 10.7. The van der Waals surface area contributed by atoms with Crippen molar-refractivity contribution in [2.24, 2.45) is 0 Å². The summed E-state index contributed by atoms with van der Waals surface area (Å²) in [5.74, 6) is 0.377. The molecule has 0 aliphatic rings. The van der Waals surface area contributed by atoms with Gasteiger partial charge in [0.1, 0.15) is 12.1 Å². The first-order valence-corrected chi connectivity index (χ1v) is 8.90. The summed E-state index contributed by atoms with van der Waals surface area (Å²) < 4.78 is 4.23. The minimum absolute atomic E-state index is 0.237. The molecule has 8 nitrogen and oxygen atoms in total. The first-order chi connectivity index (χ1) is 13.2. The second-order valence-electron chi connectivity index (χ2n) is 5.72. The van der Waals surface area contributed by atoms with Gasteiger partial charge in [-0.3, -0.25) is 4.79 Å². The lowest BCUT2D eigenvalue weighted by Gasteiger charge is -2.11. The maximum absolute atomic E-state index is 12.7. The van der Waals surface area contributed by atoms with Crippen molar-refractivity contribution < 1.29 is 4.79 Å². The van der Waals surface area contributed by atoms with Gasteiger partial charge in [-0.1, -0.05) is 40.2 Å². The van der Waals surface area contributed by atoms with Crippen molar-refractivity contribution in [1.82, 2.24) is 30.0 Å². The average molecular weight is 424 g/mol. The predicted octanol–water partition coefficient (Wildman–Crippen LogP) is 2.92. The van der Waals surface area contributed by atoms with Crippen LogP contribution in [0.4, 0.5) is 5.82 Å². The average Bonchev–Trinajstić information content (AvgIpc) is 3.36. The second kappa shape index (κ2) is 7.50. The molecule has 0 atom stereocenters. The van der Waals surface area contributed by atoms with Crippen LogP contribution in [-0.2, 0) is 6.54 Å². The van der Waals surface area contributed by atoms with Gasteiger partial charge in [0, 0.05) is 16.1 Å². The van der Waals surface area contributed by atoms with Gasteiger partial charge in [-0.2, -0.15) is 5.10 Å². The lowest BCUT2D eigenvalue weighted by atomic mass is 10.2. The molecule has 0 unspecified atom stereocenters.